The predicted octanol–water partition coefficient (Wildman–Crippen LogP) is 2.81. The van der Waals surface area contributed by atoms with E-state index in [1.165, 1.54) is 0 Å². The Hall–Kier alpha value is -1.42. The summed E-state index contributed by atoms with van der Waals surface area (Å²) in [7, 11) is 0. The van der Waals surface area contributed by atoms with Crippen molar-refractivity contribution in [3.63, 3.8) is 0 Å². The van der Waals surface area contributed by atoms with Gasteiger partial charge in [0.25, 0.3) is 0 Å². The summed E-state index contributed by atoms with van der Waals surface area (Å²) in [6.45, 7) is 11.2. The van der Waals surface area contributed by atoms with Crippen LogP contribution in [0.2, 0.25) is 0 Å². The number of rotatable bonds is 9. The van der Waals surface area contributed by atoms with Crippen LogP contribution in [0.25, 0.3) is 0 Å². The summed E-state index contributed by atoms with van der Waals surface area (Å²) in [5, 5.41) is 3.38. The highest BCUT2D eigenvalue weighted by atomic mass is 16.5. The first-order valence-electron chi connectivity index (χ1n) is 7.20. The SMILES string of the molecule is CCOc1cccc(NCCCN(CC)CC)c1N. The third-order valence-electron chi connectivity index (χ3n) is 3.23. The standard InChI is InChI=1S/C15H27N3O/c1-4-18(5-2)12-8-11-17-13-9-7-10-14(15(13)16)19-6-3/h7,9-10,17H,4-6,8,11-12,16H2,1-3H3. The Morgan fingerprint density at radius 1 is 1.21 bits per heavy atom. The molecule has 4 nitrogen and oxygen atoms in total. The zero-order valence-electron chi connectivity index (χ0n) is 12.4. The lowest BCUT2D eigenvalue weighted by atomic mass is 10.2. The molecule has 1 rings (SSSR count). The van der Waals surface area contributed by atoms with Gasteiger partial charge in [0.15, 0.2) is 0 Å². The highest BCUT2D eigenvalue weighted by molar-refractivity contribution is 5.72. The fourth-order valence-corrected chi connectivity index (χ4v) is 2.05. The Morgan fingerprint density at radius 3 is 2.58 bits per heavy atom. The second kappa shape index (κ2) is 8.64. The van der Waals surface area contributed by atoms with Crippen molar-refractivity contribution in [2.75, 3.05) is 43.8 Å². The van der Waals surface area contributed by atoms with Crippen molar-refractivity contribution >= 4 is 11.4 Å². The van der Waals surface area contributed by atoms with E-state index in [4.69, 9.17) is 10.5 Å². The molecule has 4 heteroatoms. The summed E-state index contributed by atoms with van der Waals surface area (Å²) in [5.41, 5.74) is 7.73. The maximum atomic E-state index is 6.07. The van der Waals surface area contributed by atoms with E-state index in [1.54, 1.807) is 0 Å². The van der Waals surface area contributed by atoms with Gasteiger partial charge in [-0.25, -0.2) is 0 Å². The van der Waals surface area contributed by atoms with Gasteiger partial charge < -0.3 is 20.7 Å². The molecule has 0 aliphatic carbocycles. The number of para-hydroxylation sites is 1. The summed E-state index contributed by atoms with van der Waals surface area (Å²) < 4.78 is 5.48. The van der Waals surface area contributed by atoms with Crippen LogP contribution in [0.5, 0.6) is 5.75 Å². The average Bonchev–Trinajstić information content (AvgIpc) is 2.43. The quantitative estimate of drug-likeness (QED) is 0.532. The van der Waals surface area contributed by atoms with Gasteiger partial charge in [0, 0.05) is 6.54 Å². The molecule has 0 heterocycles. The van der Waals surface area contributed by atoms with Crippen molar-refractivity contribution in [1.82, 2.24) is 4.90 Å². The van der Waals surface area contributed by atoms with E-state index < -0.39 is 0 Å². The van der Waals surface area contributed by atoms with Crippen molar-refractivity contribution in [1.29, 1.82) is 0 Å². The Labute approximate surface area is 116 Å². The number of ether oxygens (including phenoxy) is 1. The molecule has 0 radical (unpaired) electrons. The normalized spacial score (nSPS) is 10.7. The maximum absolute atomic E-state index is 6.07. The molecule has 0 amide bonds. The van der Waals surface area contributed by atoms with E-state index in [9.17, 15) is 0 Å². The van der Waals surface area contributed by atoms with Crippen LogP contribution < -0.4 is 15.8 Å². The molecule has 0 bridgehead atoms. The smallest absolute Gasteiger partial charge is 0.144 e. The summed E-state index contributed by atoms with van der Waals surface area (Å²) in [6, 6.07) is 5.86. The van der Waals surface area contributed by atoms with Crippen molar-refractivity contribution < 1.29 is 4.74 Å². The molecule has 0 fully saturated rings. The molecule has 1 aromatic carbocycles. The second-order valence-electron chi connectivity index (χ2n) is 4.46. The lowest BCUT2D eigenvalue weighted by Crippen LogP contribution is -2.25. The van der Waals surface area contributed by atoms with Gasteiger partial charge in [-0.15, -0.1) is 0 Å². The van der Waals surface area contributed by atoms with E-state index in [0.717, 1.165) is 44.0 Å². The number of nitrogen functional groups attached to an aromatic ring is 1. The van der Waals surface area contributed by atoms with Crippen LogP contribution in [0, 0.1) is 0 Å². The summed E-state index contributed by atoms with van der Waals surface area (Å²) >= 11 is 0. The lowest BCUT2D eigenvalue weighted by Gasteiger charge is -2.18. The molecule has 0 unspecified atom stereocenters. The molecule has 0 aliphatic heterocycles. The van der Waals surface area contributed by atoms with Gasteiger partial charge in [0.05, 0.1) is 18.0 Å². The zero-order chi connectivity index (χ0) is 14.1. The first kappa shape index (κ1) is 15.6. The van der Waals surface area contributed by atoms with E-state index in [0.29, 0.717) is 12.3 Å². The van der Waals surface area contributed by atoms with Crippen molar-refractivity contribution in [3.8, 4) is 5.75 Å². The largest absolute Gasteiger partial charge is 0.492 e. The molecular weight excluding hydrogens is 238 g/mol. The minimum absolute atomic E-state index is 0.635. The number of benzene rings is 1. The third-order valence-corrected chi connectivity index (χ3v) is 3.23. The number of hydrogen-bond acceptors (Lipinski definition) is 4. The molecule has 108 valence electrons. The Morgan fingerprint density at radius 2 is 1.95 bits per heavy atom. The summed E-state index contributed by atoms with van der Waals surface area (Å²) in [6.07, 6.45) is 1.11. The lowest BCUT2D eigenvalue weighted by molar-refractivity contribution is 0.303. The number of anilines is 2. The van der Waals surface area contributed by atoms with Gasteiger partial charge in [-0.1, -0.05) is 19.9 Å². The van der Waals surface area contributed by atoms with Crippen LogP contribution in [0.1, 0.15) is 27.2 Å². The second-order valence-corrected chi connectivity index (χ2v) is 4.46. The fraction of sp³-hybridized carbons (Fsp3) is 0.600. The number of hydrogen-bond donors (Lipinski definition) is 2. The average molecular weight is 265 g/mol. The molecule has 0 atom stereocenters. The predicted molar refractivity (Wildman–Crippen MR) is 82.9 cm³/mol. The highest BCUT2D eigenvalue weighted by Crippen LogP contribution is 2.29. The van der Waals surface area contributed by atoms with Gasteiger partial charge in [-0.05, 0) is 45.1 Å². The van der Waals surface area contributed by atoms with Crippen LogP contribution in [0.15, 0.2) is 18.2 Å². The molecule has 0 aromatic heterocycles. The van der Waals surface area contributed by atoms with Gasteiger partial charge in [-0.3, -0.25) is 0 Å². The highest BCUT2D eigenvalue weighted by Gasteiger charge is 2.05. The minimum Gasteiger partial charge on any atom is -0.492 e. The molecule has 0 aliphatic rings. The van der Waals surface area contributed by atoms with Crippen LogP contribution in [-0.2, 0) is 0 Å². The molecular formula is C15H27N3O. The first-order valence-corrected chi connectivity index (χ1v) is 7.20. The van der Waals surface area contributed by atoms with E-state index >= 15 is 0 Å². The fourth-order valence-electron chi connectivity index (χ4n) is 2.05. The number of nitrogens with two attached hydrogens (primary N) is 1. The Balaban J connectivity index is 2.43. The Bertz CT molecular complexity index is 364. The van der Waals surface area contributed by atoms with Crippen LogP contribution >= 0.6 is 0 Å². The molecule has 0 saturated heterocycles. The summed E-state index contributed by atoms with van der Waals surface area (Å²) in [4.78, 5) is 2.42. The monoisotopic (exact) mass is 265 g/mol. The zero-order valence-corrected chi connectivity index (χ0v) is 12.4. The van der Waals surface area contributed by atoms with E-state index in [1.807, 2.05) is 25.1 Å². The van der Waals surface area contributed by atoms with E-state index in [2.05, 4.69) is 24.1 Å². The molecule has 1 aromatic rings. The molecule has 0 spiro atoms. The molecule has 3 N–H and O–H groups in total. The van der Waals surface area contributed by atoms with Gasteiger partial charge in [-0.2, -0.15) is 0 Å². The van der Waals surface area contributed by atoms with Crippen LogP contribution in [0.3, 0.4) is 0 Å². The topological polar surface area (TPSA) is 50.5 Å². The first-order chi connectivity index (χ1) is 9.22. The van der Waals surface area contributed by atoms with Crippen molar-refractivity contribution in [3.05, 3.63) is 18.2 Å². The van der Waals surface area contributed by atoms with Crippen molar-refractivity contribution in [2.45, 2.75) is 27.2 Å². The van der Waals surface area contributed by atoms with E-state index in [-0.39, 0.29) is 0 Å². The van der Waals surface area contributed by atoms with Gasteiger partial charge >= 0.3 is 0 Å². The van der Waals surface area contributed by atoms with Crippen molar-refractivity contribution in [2.24, 2.45) is 0 Å². The maximum Gasteiger partial charge on any atom is 0.144 e. The van der Waals surface area contributed by atoms with Gasteiger partial charge in [0.1, 0.15) is 5.75 Å². The third kappa shape index (κ3) is 4.99. The summed E-state index contributed by atoms with van der Waals surface area (Å²) in [5.74, 6) is 0.760. The number of nitrogens with one attached hydrogen (secondary N) is 1. The molecule has 0 saturated carbocycles. The minimum atomic E-state index is 0.635. The van der Waals surface area contributed by atoms with Crippen LogP contribution in [0.4, 0.5) is 11.4 Å². The van der Waals surface area contributed by atoms with Crippen LogP contribution in [-0.4, -0.2) is 37.7 Å². The molecule has 19 heavy (non-hydrogen) atoms. The van der Waals surface area contributed by atoms with Gasteiger partial charge in [0.2, 0.25) is 0 Å². The number of nitrogens with zero attached hydrogens (tertiary/aromatic N) is 1. The Kier molecular flexibility index (Phi) is 7.11.